The van der Waals surface area contributed by atoms with Gasteiger partial charge in [-0.15, -0.1) is 5.92 Å². The van der Waals surface area contributed by atoms with Crippen molar-refractivity contribution >= 4 is 11.9 Å². The number of hydrogen-bond acceptors (Lipinski definition) is 6. The van der Waals surface area contributed by atoms with Crippen LogP contribution in [0.1, 0.15) is 35.2 Å². The van der Waals surface area contributed by atoms with Crippen LogP contribution in [-0.2, 0) is 9.53 Å². The van der Waals surface area contributed by atoms with Gasteiger partial charge in [0.15, 0.2) is 17.6 Å². The standard InChI is InChI=1S/C26H27NO7/c1-2-3-19(15-25(28)29)18-4-7-21(8-5-18)32-16-22-17-33-23-9-6-20(14-24(23)34-22)26(30)27-10-12-31-13-11-27/h4-9,14,19,22H,10-13,15-17H2,1H3,(H,28,29)/t19?,22-/m0/s1. The van der Waals surface area contributed by atoms with Crippen molar-refractivity contribution in [3.05, 3.63) is 53.6 Å². The minimum atomic E-state index is -0.891. The van der Waals surface area contributed by atoms with Crippen LogP contribution in [0.3, 0.4) is 0 Å². The molecule has 8 heteroatoms. The van der Waals surface area contributed by atoms with Gasteiger partial charge < -0.3 is 29.0 Å². The maximum Gasteiger partial charge on any atom is 0.304 e. The van der Waals surface area contributed by atoms with Gasteiger partial charge in [-0.25, -0.2) is 0 Å². The molecule has 2 atom stereocenters. The summed E-state index contributed by atoms with van der Waals surface area (Å²) in [7, 11) is 0. The van der Waals surface area contributed by atoms with Gasteiger partial charge in [0.05, 0.1) is 25.6 Å². The van der Waals surface area contributed by atoms with Gasteiger partial charge in [-0.05, 0) is 42.8 Å². The van der Waals surface area contributed by atoms with Crippen LogP contribution < -0.4 is 14.2 Å². The van der Waals surface area contributed by atoms with Crippen molar-refractivity contribution in [2.45, 2.75) is 25.4 Å². The first-order valence-corrected chi connectivity index (χ1v) is 11.2. The van der Waals surface area contributed by atoms with Gasteiger partial charge in [-0.3, -0.25) is 9.59 Å². The van der Waals surface area contributed by atoms with Crippen LogP contribution >= 0.6 is 0 Å². The second kappa shape index (κ2) is 10.9. The molecule has 2 aromatic rings. The maximum atomic E-state index is 12.8. The summed E-state index contributed by atoms with van der Waals surface area (Å²) in [5, 5.41) is 9.09. The van der Waals surface area contributed by atoms with E-state index in [2.05, 4.69) is 11.8 Å². The Labute approximate surface area is 198 Å². The Kier molecular flexibility index (Phi) is 7.55. The Morgan fingerprint density at radius 2 is 1.91 bits per heavy atom. The summed E-state index contributed by atoms with van der Waals surface area (Å²) in [5.41, 5.74) is 1.38. The number of morpholine rings is 1. The van der Waals surface area contributed by atoms with Crippen LogP contribution in [0.4, 0.5) is 0 Å². The second-order valence-corrected chi connectivity index (χ2v) is 8.04. The molecule has 178 valence electrons. The number of ether oxygens (including phenoxy) is 4. The number of hydrogen-bond donors (Lipinski definition) is 1. The highest BCUT2D eigenvalue weighted by atomic mass is 16.6. The molecule has 4 rings (SSSR count). The van der Waals surface area contributed by atoms with E-state index in [0.717, 1.165) is 5.56 Å². The monoisotopic (exact) mass is 465 g/mol. The van der Waals surface area contributed by atoms with Crippen LogP contribution in [0.5, 0.6) is 17.2 Å². The molecular formula is C26H27NO7. The van der Waals surface area contributed by atoms with Gasteiger partial charge >= 0.3 is 5.97 Å². The molecule has 0 saturated carbocycles. The molecule has 2 aromatic carbocycles. The molecule has 1 N–H and O–H groups in total. The van der Waals surface area contributed by atoms with Crippen LogP contribution in [0.25, 0.3) is 0 Å². The number of carboxylic acid groups (broad SMARTS) is 1. The summed E-state index contributed by atoms with van der Waals surface area (Å²) in [5.74, 6) is 6.16. The number of carbonyl (C=O) groups excluding carboxylic acids is 1. The van der Waals surface area contributed by atoms with Crippen LogP contribution in [0.15, 0.2) is 42.5 Å². The maximum absolute atomic E-state index is 12.8. The molecule has 1 unspecified atom stereocenters. The normalized spacial score (nSPS) is 17.8. The first kappa shape index (κ1) is 23.5. The molecule has 2 heterocycles. The highest BCUT2D eigenvalue weighted by Crippen LogP contribution is 2.33. The molecule has 8 nitrogen and oxygen atoms in total. The third-order valence-corrected chi connectivity index (χ3v) is 5.62. The molecule has 0 spiro atoms. The Hall–Kier alpha value is -3.70. The molecule has 1 fully saturated rings. The van der Waals surface area contributed by atoms with E-state index in [4.69, 9.17) is 24.1 Å². The summed E-state index contributed by atoms with van der Waals surface area (Å²) in [6.45, 7) is 4.52. The van der Waals surface area contributed by atoms with Crippen molar-refractivity contribution in [1.29, 1.82) is 0 Å². The fourth-order valence-electron chi connectivity index (χ4n) is 3.87. The lowest BCUT2D eigenvalue weighted by Crippen LogP contribution is -2.40. The summed E-state index contributed by atoms with van der Waals surface area (Å²) in [6, 6.07) is 12.4. The van der Waals surface area contributed by atoms with Gasteiger partial charge in [0, 0.05) is 18.7 Å². The van der Waals surface area contributed by atoms with E-state index in [1.165, 1.54) is 0 Å². The number of carboxylic acids is 1. The molecular weight excluding hydrogens is 438 g/mol. The molecule has 0 aliphatic carbocycles. The lowest BCUT2D eigenvalue weighted by atomic mass is 9.96. The van der Waals surface area contributed by atoms with Crippen LogP contribution in [0.2, 0.25) is 0 Å². The molecule has 2 aliphatic rings. The highest BCUT2D eigenvalue weighted by molar-refractivity contribution is 5.95. The Bertz CT molecular complexity index is 1080. The van der Waals surface area contributed by atoms with Gasteiger partial charge in [0.1, 0.15) is 19.0 Å². The summed E-state index contributed by atoms with van der Waals surface area (Å²) < 4.78 is 23.0. The summed E-state index contributed by atoms with van der Waals surface area (Å²) >= 11 is 0. The number of fused-ring (bicyclic) bond motifs is 1. The molecule has 2 aliphatic heterocycles. The molecule has 1 amide bonds. The zero-order chi connectivity index (χ0) is 23.9. The number of rotatable bonds is 7. The number of nitrogens with zero attached hydrogens (tertiary/aromatic N) is 1. The third-order valence-electron chi connectivity index (χ3n) is 5.62. The van der Waals surface area contributed by atoms with Crippen LogP contribution in [-0.4, -0.2) is 67.5 Å². The molecule has 1 saturated heterocycles. The zero-order valence-electron chi connectivity index (χ0n) is 19.0. The van der Waals surface area contributed by atoms with E-state index in [1.807, 2.05) is 12.1 Å². The Balaban J connectivity index is 1.35. The molecule has 0 radical (unpaired) electrons. The van der Waals surface area contributed by atoms with E-state index < -0.39 is 5.97 Å². The molecule has 0 bridgehead atoms. The largest absolute Gasteiger partial charge is 0.490 e. The predicted octanol–water partition coefficient (Wildman–Crippen LogP) is 2.96. The van der Waals surface area contributed by atoms with Crippen molar-refractivity contribution < 1.29 is 33.6 Å². The number of benzene rings is 2. The predicted molar refractivity (Wildman–Crippen MR) is 123 cm³/mol. The Morgan fingerprint density at radius 1 is 1.15 bits per heavy atom. The fraction of sp³-hybridized carbons (Fsp3) is 0.385. The number of amides is 1. The topological polar surface area (TPSA) is 94.5 Å². The average Bonchev–Trinajstić information content (AvgIpc) is 2.87. The number of carbonyl (C=O) groups is 2. The first-order valence-electron chi connectivity index (χ1n) is 11.2. The molecule has 34 heavy (non-hydrogen) atoms. The van der Waals surface area contributed by atoms with Crippen molar-refractivity contribution in [1.82, 2.24) is 4.90 Å². The van der Waals surface area contributed by atoms with Gasteiger partial charge in [-0.1, -0.05) is 18.1 Å². The lowest BCUT2D eigenvalue weighted by Gasteiger charge is -2.29. The minimum absolute atomic E-state index is 0.0519. The van der Waals surface area contributed by atoms with Crippen molar-refractivity contribution in [3.63, 3.8) is 0 Å². The van der Waals surface area contributed by atoms with Gasteiger partial charge in [0.2, 0.25) is 0 Å². The van der Waals surface area contributed by atoms with Crippen molar-refractivity contribution in [2.75, 3.05) is 39.5 Å². The van der Waals surface area contributed by atoms with Crippen molar-refractivity contribution in [2.24, 2.45) is 0 Å². The van der Waals surface area contributed by atoms with E-state index in [9.17, 15) is 9.59 Å². The van der Waals surface area contributed by atoms with Gasteiger partial charge in [0.25, 0.3) is 5.91 Å². The van der Waals surface area contributed by atoms with Crippen molar-refractivity contribution in [3.8, 4) is 29.1 Å². The summed E-state index contributed by atoms with van der Waals surface area (Å²) in [6.07, 6.45) is -0.393. The van der Waals surface area contributed by atoms with E-state index in [-0.39, 0.29) is 31.0 Å². The summed E-state index contributed by atoms with van der Waals surface area (Å²) in [4.78, 5) is 25.6. The smallest absolute Gasteiger partial charge is 0.304 e. The zero-order valence-corrected chi connectivity index (χ0v) is 19.0. The van der Waals surface area contributed by atoms with Gasteiger partial charge in [-0.2, -0.15) is 0 Å². The fourth-order valence-corrected chi connectivity index (χ4v) is 3.87. The van der Waals surface area contributed by atoms with E-state index in [1.54, 1.807) is 42.2 Å². The van der Waals surface area contributed by atoms with E-state index >= 15 is 0 Å². The van der Waals surface area contributed by atoms with E-state index in [0.29, 0.717) is 55.7 Å². The minimum Gasteiger partial charge on any atom is -0.490 e. The quantitative estimate of drug-likeness (QED) is 0.629. The first-order chi connectivity index (χ1) is 16.5. The lowest BCUT2D eigenvalue weighted by molar-refractivity contribution is -0.137. The second-order valence-electron chi connectivity index (χ2n) is 8.04. The third kappa shape index (κ3) is 5.80. The Morgan fingerprint density at radius 3 is 2.62 bits per heavy atom. The average molecular weight is 466 g/mol. The SMILES string of the molecule is CC#CC(CC(=O)O)c1ccc(OC[C@H]2COc3ccc(C(=O)N4CCOCC4)cc3O2)cc1. The molecule has 0 aromatic heterocycles. The number of aliphatic carboxylic acids is 1. The highest BCUT2D eigenvalue weighted by Gasteiger charge is 2.25. The van der Waals surface area contributed by atoms with Crippen LogP contribution in [0, 0.1) is 11.8 Å².